The zero-order valence-corrected chi connectivity index (χ0v) is 11.1. The van der Waals surface area contributed by atoms with Gasteiger partial charge < -0.3 is 4.98 Å². The SMILES string of the molecule is O=C(C=Cc1ccc2[nH]c(-c3ccccc3)nc2c1)NO. The number of H-pyrrole nitrogens is 1. The molecule has 0 fully saturated rings. The molecule has 0 unspecified atom stereocenters. The van der Waals surface area contributed by atoms with E-state index in [0.717, 1.165) is 28.0 Å². The molecule has 21 heavy (non-hydrogen) atoms. The molecular weight excluding hydrogens is 266 g/mol. The summed E-state index contributed by atoms with van der Waals surface area (Å²) in [5.41, 5.74) is 5.15. The lowest BCUT2D eigenvalue weighted by Crippen LogP contribution is -2.14. The molecule has 1 amide bonds. The highest BCUT2D eigenvalue weighted by Gasteiger charge is 2.05. The molecule has 0 aliphatic heterocycles. The van der Waals surface area contributed by atoms with Crippen LogP contribution in [0.15, 0.2) is 54.6 Å². The Labute approximate surface area is 120 Å². The number of imidazole rings is 1. The molecule has 3 aromatic rings. The number of aromatic amines is 1. The minimum atomic E-state index is -0.568. The average Bonchev–Trinajstić information content (AvgIpc) is 2.96. The van der Waals surface area contributed by atoms with Gasteiger partial charge in [-0.3, -0.25) is 10.0 Å². The highest BCUT2D eigenvalue weighted by atomic mass is 16.5. The first-order chi connectivity index (χ1) is 10.3. The second kappa shape index (κ2) is 5.60. The molecule has 0 saturated heterocycles. The fourth-order valence-electron chi connectivity index (χ4n) is 2.07. The first kappa shape index (κ1) is 13.1. The van der Waals surface area contributed by atoms with Gasteiger partial charge in [0.25, 0.3) is 5.91 Å². The van der Waals surface area contributed by atoms with Gasteiger partial charge in [0.05, 0.1) is 11.0 Å². The van der Waals surface area contributed by atoms with E-state index >= 15 is 0 Å². The lowest BCUT2D eigenvalue weighted by molar-refractivity contribution is -0.124. The fourth-order valence-corrected chi connectivity index (χ4v) is 2.07. The van der Waals surface area contributed by atoms with Gasteiger partial charge in [0.1, 0.15) is 5.82 Å². The molecule has 2 aromatic carbocycles. The molecule has 1 heterocycles. The second-order valence-corrected chi connectivity index (χ2v) is 4.54. The van der Waals surface area contributed by atoms with Crippen molar-refractivity contribution < 1.29 is 10.0 Å². The zero-order valence-electron chi connectivity index (χ0n) is 11.1. The molecule has 0 radical (unpaired) electrons. The van der Waals surface area contributed by atoms with E-state index in [2.05, 4.69) is 9.97 Å². The molecule has 0 spiro atoms. The number of rotatable bonds is 3. The molecule has 0 aliphatic carbocycles. The summed E-state index contributed by atoms with van der Waals surface area (Å²) < 4.78 is 0. The van der Waals surface area contributed by atoms with Crippen LogP contribution in [-0.2, 0) is 4.79 Å². The largest absolute Gasteiger partial charge is 0.338 e. The summed E-state index contributed by atoms with van der Waals surface area (Å²) in [4.78, 5) is 18.8. The Morgan fingerprint density at radius 1 is 1.19 bits per heavy atom. The van der Waals surface area contributed by atoms with Crippen molar-refractivity contribution in [1.29, 1.82) is 0 Å². The fraction of sp³-hybridized carbons (Fsp3) is 0. The van der Waals surface area contributed by atoms with Crippen molar-refractivity contribution in [3.8, 4) is 11.4 Å². The first-order valence-electron chi connectivity index (χ1n) is 6.43. The predicted molar refractivity (Wildman–Crippen MR) is 80.5 cm³/mol. The number of aromatic nitrogens is 2. The number of hydrogen-bond acceptors (Lipinski definition) is 3. The molecule has 0 aliphatic rings. The van der Waals surface area contributed by atoms with Crippen molar-refractivity contribution in [3.05, 3.63) is 60.2 Å². The van der Waals surface area contributed by atoms with E-state index in [1.54, 1.807) is 11.6 Å². The molecule has 1 aromatic heterocycles. The molecule has 3 N–H and O–H groups in total. The van der Waals surface area contributed by atoms with E-state index < -0.39 is 5.91 Å². The minimum Gasteiger partial charge on any atom is -0.338 e. The van der Waals surface area contributed by atoms with E-state index in [4.69, 9.17) is 5.21 Å². The van der Waals surface area contributed by atoms with Crippen molar-refractivity contribution in [3.63, 3.8) is 0 Å². The van der Waals surface area contributed by atoms with Crippen molar-refractivity contribution in [2.45, 2.75) is 0 Å². The zero-order chi connectivity index (χ0) is 14.7. The van der Waals surface area contributed by atoms with Crippen LogP contribution in [0.25, 0.3) is 28.5 Å². The van der Waals surface area contributed by atoms with E-state index in [1.165, 1.54) is 6.08 Å². The standard InChI is InChI=1S/C16H13N3O2/c20-15(19-21)9-7-11-6-8-13-14(10-11)18-16(17-13)12-4-2-1-3-5-12/h1-10,21H,(H,17,18)(H,19,20). The summed E-state index contributed by atoms with van der Waals surface area (Å²) in [6.45, 7) is 0. The van der Waals surface area contributed by atoms with E-state index in [9.17, 15) is 4.79 Å². The van der Waals surface area contributed by atoms with Crippen molar-refractivity contribution >= 4 is 23.0 Å². The summed E-state index contributed by atoms with van der Waals surface area (Å²) in [6, 6.07) is 15.5. The van der Waals surface area contributed by atoms with Gasteiger partial charge in [0.2, 0.25) is 0 Å². The van der Waals surface area contributed by atoms with Crippen LogP contribution in [0.2, 0.25) is 0 Å². The first-order valence-corrected chi connectivity index (χ1v) is 6.43. The van der Waals surface area contributed by atoms with E-state index in [0.29, 0.717) is 0 Å². The molecule has 5 nitrogen and oxygen atoms in total. The Hall–Kier alpha value is -2.92. The Balaban J connectivity index is 1.96. The quantitative estimate of drug-likeness (QED) is 0.392. The van der Waals surface area contributed by atoms with Gasteiger partial charge in [0.15, 0.2) is 0 Å². The molecule has 0 bridgehead atoms. The Kier molecular flexibility index (Phi) is 3.49. The topological polar surface area (TPSA) is 78.0 Å². The summed E-state index contributed by atoms with van der Waals surface area (Å²) in [5.74, 6) is 0.238. The highest BCUT2D eigenvalue weighted by Crippen LogP contribution is 2.21. The maximum atomic E-state index is 11.0. The number of hydrogen-bond donors (Lipinski definition) is 3. The van der Waals surface area contributed by atoms with Crippen LogP contribution in [0, 0.1) is 0 Å². The summed E-state index contributed by atoms with van der Waals surface area (Å²) in [6.07, 6.45) is 2.87. The van der Waals surface area contributed by atoms with Gasteiger partial charge in [-0.25, -0.2) is 10.5 Å². The molecule has 0 atom stereocenters. The lowest BCUT2D eigenvalue weighted by Gasteiger charge is -1.93. The number of carbonyl (C=O) groups is 1. The molecular formula is C16H13N3O2. The average molecular weight is 279 g/mol. The van der Waals surface area contributed by atoms with Crippen LogP contribution in [0.3, 0.4) is 0 Å². The Morgan fingerprint density at radius 2 is 2.00 bits per heavy atom. The number of carbonyl (C=O) groups excluding carboxylic acids is 1. The van der Waals surface area contributed by atoms with Crippen LogP contribution < -0.4 is 5.48 Å². The number of amides is 1. The Morgan fingerprint density at radius 3 is 2.76 bits per heavy atom. The van der Waals surface area contributed by atoms with E-state index in [-0.39, 0.29) is 0 Å². The summed E-state index contributed by atoms with van der Waals surface area (Å²) in [7, 11) is 0. The summed E-state index contributed by atoms with van der Waals surface area (Å²) >= 11 is 0. The van der Waals surface area contributed by atoms with Gasteiger partial charge in [-0.2, -0.15) is 0 Å². The van der Waals surface area contributed by atoms with Crippen molar-refractivity contribution in [1.82, 2.24) is 15.4 Å². The predicted octanol–water partition coefficient (Wildman–Crippen LogP) is 2.75. The normalized spacial score (nSPS) is 11.1. The van der Waals surface area contributed by atoms with Gasteiger partial charge >= 0.3 is 0 Å². The smallest absolute Gasteiger partial charge is 0.267 e. The Bertz CT molecular complexity index is 807. The van der Waals surface area contributed by atoms with Crippen LogP contribution in [0.1, 0.15) is 5.56 Å². The summed E-state index contributed by atoms with van der Waals surface area (Å²) in [5, 5.41) is 8.45. The third-order valence-electron chi connectivity index (χ3n) is 3.09. The third kappa shape index (κ3) is 2.82. The third-order valence-corrected chi connectivity index (χ3v) is 3.09. The number of hydroxylamine groups is 1. The monoisotopic (exact) mass is 279 g/mol. The maximum absolute atomic E-state index is 11.0. The van der Waals surface area contributed by atoms with Crippen LogP contribution >= 0.6 is 0 Å². The minimum absolute atomic E-state index is 0.568. The number of fused-ring (bicyclic) bond motifs is 1. The highest BCUT2D eigenvalue weighted by molar-refractivity contribution is 5.91. The number of nitrogens with zero attached hydrogens (tertiary/aromatic N) is 1. The van der Waals surface area contributed by atoms with Crippen LogP contribution in [-0.4, -0.2) is 21.1 Å². The molecule has 5 heteroatoms. The van der Waals surface area contributed by atoms with Crippen LogP contribution in [0.4, 0.5) is 0 Å². The van der Waals surface area contributed by atoms with Gasteiger partial charge in [-0.05, 0) is 23.8 Å². The van der Waals surface area contributed by atoms with Gasteiger partial charge in [-0.15, -0.1) is 0 Å². The number of nitrogens with one attached hydrogen (secondary N) is 2. The van der Waals surface area contributed by atoms with Crippen molar-refractivity contribution in [2.24, 2.45) is 0 Å². The van der Waals surface area contributed by atoms with Crippen LogP contribution in [0.5, 0.6) is 0 Å². The van der Waals surface area contributed by atoms with Gasteiger partial charge in [0, 0.05) is 11.6 Å². The van der Waals surface area contributed by atoms with Gasteiger partial charge in [-0.1, -0.05) is 36.4 Å². The molecule has 3 rings (SSSR count). The van der Waals surface area contributed by atoms with E-state index in [1.807, 2.05) is 48.5 Å². The second-order valence-electron chi connectivity index (χ2n) is 4.54. The molecule has 104 valence electrons. The maximum Gasteiger partial charge on any atom is 0.267 e. The molecule has 0 saturated carbocycles. The number of benzene rings is 2. The van der Waals surface area contributed by atoms with Crippen molar-refractivity contribution in [2.75, 3.05) is 0 Å². The lowest BCUT2D eigenvalue weighted by atomic mass is 10.2.